The molecule has 2 heterocycles. The second-order valence-corrected chi connectivity index (χ2v) is 8.83. The van der Waals surface area contributed by atoms with Crippen molar-refractivity contribution in [3.63, 3.8) is 0 Å². The molecule has 5 atom stereocenters. The van der Waals surface area contributed by atoms with Crippen LogP contribution in [-0.4, -0.2) is 73.6 Å². The van der Waals surface area contributed by atoms with E-state index in [-0.39, 0.29) is 47.5 Å². The number of benzene rings is 1. The number of ether oxygens (including phenoxy) is 3. The number of carbonyl (C=O) groups excluding carboxylic acids is 1. The summed E-state index contributed by atoms with van der Waals surface area (Å²) in [5, 5.41) is 14.0. The molecule has 5 rings (SSSR count). The Bertz CT molecular complexity index is 845. The molecule has 0 aromatic heterocycles. The van der Waals surface area contributed by atoms with E-state index >= 15 is 0 Å². The van der Waals surface area contributed by atoms with Crippen molar-refractivity contribution in [2.45, 2.75) is 61.8 Å². The van der Waals surface area contributed by atoms with Crippen LogP contribution < -0.4 is 10.1 Å². The number of phenolic OH excluding ortho intramolecular Hbond substituents is 1. The van der Waals surface area contributed by atoms with E-state index in [4.69, 9.17) is 14.2 Å². The standard InChI is InChI=1S/C22H30N2O5/c1-4-28-17(26)12-23-14-7-8-22(27-3)16-11-13-5-6-15(25)19-18(13)21(22,20(14)29-19)9-10-24(16)2/h5-6,14,16,20,23,25H,4,7-12H2,1-3H3/t14-,16-,20+,21+,22-/m1/s1. The SMILES string of the molecule is CCOC(=O)CN[C@@H]1CC[C@@]2(OC)[C@H]3Cc4ccc(O)c5c4[C@@]2(CCN3C)[C@H]1O5. The molecule has 1 saturated carbocycles. The lowest BCUT2D eigenvalue weighted by Gasteiger charge is -2.65. The Morgan fingerprint density at radius 2 is 2.24 bits per heavy atom. The van der Waals surface area contributed by atoms with Gasteiger partial charge in [-0.1, -0.05) is 6.07 Å². The Labute approximate surface area is 171 Å². The molecule has 1 saturated heterocycles. The average Bonchev–Trinajstić information content (AvgIpc) is 3.07. The summed E-state index contributed by atoms with van der Waals surface area (Å²) in [5.74, 6) is 0.554. The number of likely N-dealkylation sites (tertiary alicyclic amines) is 1. The Morgan fingerprint density at radius 1 is 1.41 bits per heavy atom. The van der Waals surface area contributed by atoms with E-state index in [1.54, 1.807) is 6.07 Å². The Balaban J connectivity index is 1.60. The van der Waals surface area contributed by atoms with Crippen LogP contribution in [0.2, 0.25) is 0 Å². The second-order valence-electron chi connectivity index (χ2n) is 8.83. The lowest BCUT2D eigenvalue weighted by molar-refractivity contribution is -0.203. The van der Waals surface area contributed by atoms with Gasteiger partial charge in [0.2, 0.25) is 0 Å². The number of nitrogens with one attached hydrogen (secondary N) is 1. The maximum Gasteiger partial charge on any atom is 0.319 e. The average molecular weight is 402 g/mol. The highest BCUT2D eigenvalue weighted by molar-refractivity contribution is 5.71. The second kappa shape index (κ2) is 6.59. The van der Waals surface area contributed by atoms with Crippen molar-refractivity contribution < 1.29 is 24.1 Å². The maximum atomic E-state index is 12.0. The molecule has 4 aliphatic rings. The van der Waals surface area contributed by atoms with Crippen molar-refractivity contribution in [1.29, 1.82) is 0 Å². The van der Waals surface area contributed by atoms with Crippen LogP contribution in [-0.2, 0) is 26.1 Å². The Kier molecular flexibility index (Phi) is 4.35. The first-order valence-corrected chi connectivity index (χ1v) is 10.6. The van der Waals surface area contributed by atoms with Crippen molar-refractivity contribution in [3.8, 4) is 11.5 Å². The third-order valence-electron chi connectivity index (χ3n) is 7.87. The molecule has 0 amide bonds. The van der Waals surface area contributed by atoms with Crippen LogP contribution >= 0.6 is 0 Å². The molecule has 1 aromatic rings. The number of carbonyl (C=O) groups is 1. The van der Waals surface area contributed by atoms with Gasteiger partial charge < -0.3 is 29.5 Å². The van der Waals surface area contributed by atoms with Crippen molar-refractivity contribution in [1.82, 2.24) is 10.2 Å². The van der Waals surface area contributed by atoms with Gasteiger partial charge in [-0.05, 0) is 57.8 Å². The molecule has 158 valence electrons. The lowest BCUT2D eigenvalue weighted by atomic mass is 9.48. The molecule has 2 fully saturated rings. The molecule has 2 N–H and O–H groups in total. The zero-order valence-electron chi connectivity index (χ0n) is 17.4. The molecule has 0 unspecified atom stereocenters. The predicted molar refractivity (Wildman–Crippen MR) is 106 cm³/mol. The van der Waals surface area contributed by atoms with Crippen LogP contribution in [0.4, 0.5) is 0 Å². The molecular formula is C22H30N2O5. The van der Waals surface area contributed by atoms with E-state index in [2.05, 4.69) is 17.3 Å². The fraction of sp³-hybridized carbons (Fsp3) is 0.682. The topological polar surface area (TPSA) is 80.3 Å². The minimum absolute atomic E-state index is 0.00973. The molecule has 1 aromatic carbocycles. The third-order valence-corrected chi connectivity index (χ3v) is 7.87. The number of likely N-dealkylation sites (N-methyl/N-ethyl adjacent to an activating group) is 1. The van der Waals surface area contributed by atoms with E-state index in [9.17, 15) is 9.90 Å². The largest absolute Gasteiger partial charge is 0.504 e. The van der Waals surface area contributed by atoms with Crippen LogP contribution in [0.25, 0.3) is 0 Å². The van der Waals surface area contributed by atoms with Gasteiger partial charge in [0.15, 0.2) is 11.5 Å². The number of hydrogen-bond acceptors (Lipinski definition) is 7. The van der Waals surface area contributed by atoms with Crippen molar-refractivity contribution in [2.24, 2.45) is 0 Å². The summed E-state index contributed by atoms with van der Waals surface area (Å²) < 4.78 is 18.0. The molecule has 2 aliphatic heterocycles. The van der Waals surface area contributed by atoms with Gasteiger partial charge in [-0.25, -0.2) is 0 Å². The summed E-state index contributed by atoms with van der Waals surface area (Å²) in [7, 11) is 4.00. The van der Waals surface area contributed by atoms with Crippen LogP contribution in [0, 0.1) is 0 Å². The summed E-state index contributed by atoms with van der Waals surface area (Å²) in [6, 6.07) is 4.05. The van der Waals surface area contributed by atoms with Gasteiger partial charge in [-0.15, -0.1) is 0 Å². The molecule has 1 spiro atoms. The number of piperidine rings is 1. The molecule has 2 aliphatic carbocycles. The van der Waals surface area contributed by atoms with Gasteiger partial charge in [-0.2, -0.15) is 0 Å². The first kappa shape index (κ1) is 19.2. The first-order valence-electron chi connectivity index (χ1n) is 10.6. The lowest BCUT2D eigenvalue weighted by Crippen LogP contribution is -2.78. The normalized spacial score (nSPS) is 37.0. The number of methoxy groups -OCH3 is 1. The summed E-state index contributed by atoms with van der Waals surface area (Å²) in [6.07, 6.45) is 3.33. The van der Waals surface area contributed by atoms with E-state index in [0.717, 1.165) is 37.8 Å². The van der Waals surface area contributed by atoms with Gasteiger partial charge in [0, 0.05) is 24.8 Å². The number of esters is 1. The summed E-state index contributed by atoms with van der Waals surface area (Å²) >= 11 is 0. The van der Waals surface area contributed by atoms with Crippen molar-refractivity contribution >= 4 is 5.97 Å². The van der Waals surface area contributed by atoms with E-state index in [0.29, 0.717) is 12.4 Å². The van der Waals surface area contributed by atoms with Crippen LogP contribution in [0.5, 0.6) is 11.5 Å². The summed E-state index contributed by atoms with van der Waals surface area (Å²) in [4.78, 5) is 14.4. The fourth-order valence-corrected chi connectivity index (χ4v) is 6.78. The minimum atomic E-state index is -0.362. The zero-order valence-corrected chi connectivity index (χ0v) is 17.4. The minimum Gasteiger partial charge on any atom is -0.504 e. The highest BCUT2D eigenvalue weighted by Crippen LogP contribution is 2.66. The van der Waals surface area contributed by atoms with E-state index < -0.39 is 0 Å². The van der Waals surface area contributed by atoms with Gasteiger partial charge in [0.25, 0.3) is 0 Å². The molecule has 0 radical (unpaired) electrons. The highest BCUT2D eigenvalue weighted by atomic mass is 16.5. The molecule has 7 nitrogen and oxygen atoms in total. The van der Waals surface area contributed by atoms with Crippen LogP contribution in [0.1, 0.15) is 37.3 Å². The predicted octanol–water partition coefficient (Wildman–Crippen LogP) is 1.35. The fourth-order valence-electron chi connectivity index (χ4n) is 6.78. The van der Waals surface area contributed by atoms with Gasteiger partial charge in [-0.3, -0.25) is 4.79 Å². The Morgan fingerprint density at radius 3 is 3.00 bits per heavy atom. The van der Waals surface area contributed by atoms with E-state index in [1.807, 2.05) is 20.1 Å². The maximum absolute atomic E-state index is 12.0. The quantitative estimate of drug-likeness (QED) is 0.720. The van der Waals surface area contributed by atoms with Crippen molar-refractivity contribution in [2.75, 3.05) is 33.9 Å². The molecule has 7 heteroatoms. The first-order chi connectivity index (χ1) is 14.0. The number of phenols is 1. The van der Waals surface area contributed by atoms with Crippen LogP contribution in [0.15, 0.2) is 12.1 Å². The van der Waals surface area contributed by atoms with Crippen molar-refractivity contribution in [3.05, 3.63) is 23.3 Å². The third kappa shape index (κ3) is 2.32. The smallest absolute Gasteiger partial charge is 0.319 e. The number of hydrogen-bond donors (Lipinski definition) is 2. The number of aromatic hydroxyl groups is 1. The molecule has 29 heavy (non-hydrogen) atoms. The van der Waals surface area contributed by atoms with Gasteiger partial charge in [0.1, 0.15) is 6.10 Å². The number of rotatable bonds is 5. The summed E-state index contributed by atoms with van der Waals surface area (Å²) in [6.45, 7) is 3.30. The highest BCUT2D eigenvalue weighted by Gasteiger charge is 2.73. The zero-order chi connectivity index (χ0) is 20.4. The Hall–Kier alpha value is -1.83. The molecule has 2 bridgehead atoms. The van der Waals surface area contributed by atoms with E-state index in [1.165, 1.54) is 5.56 Å². The number of nitrogens with zero attached hydrogens (tertiary/aromatic N) is 1. The van der Waals surface area contributed by atoms with Gasteiger partial charge in [0.05, 0.1) is 24.2 Å². The monoisotopic (exact) mass is 402 g/mol. The van der Waals surface area contributed by atoms with Crippen LogP contribution in [0.3, 0.4) is 0 Å². The van der Waals surface area contributed by atoms with Gasteiger partial charge >= 0.3 is 5.97 Å². The molecular weight excluding hydrogens is 372 g/mol. The summed E-state index contributed by atoms with van der Waals surface area (Å²) in [5.41, 5.74) is 1.69.